The highest BCUT2D eigenvalue weighted by molar-refractivity contribution is 5.07. The van der Waals surface area contributed by atoms with Crippen LogP contribution in [0.3, 0.4) is 0 Å². The number of hydrogen-bond acceptors (Lipinski definition) is 0. The molecule has 0 amide bonds. The Labute approximate surface area is 69.4 Å². The zero-order valence-electron chi connectivity index (χ0n) is 7.31. The third-order valence-electron chi connectivity index (χ3n) is 4.72. The summed E-state index contributed by atoms with van der Waals surface area (Å²) in [5.41, 5.74) is 0.918. The van der Waals surface area contributed by atoms with Gasteiger partial charge < -0.3 is 0 Å². The summed E-state index contributed by atoms with van der Waals surface area (Å²) in [6.45, 7) is 0. The Balaban J connectivity index is 1.74. The second kappa shape index (κ2) is 2.02. The Kier molecular flexibility index (Phi) is 1.20. The van der Waals surface area contributed by atoms with E-state index in [1.54, 1.807) is 44.9 Å². The molecule has 2 unspecified atom stereocenters. The van der Waals surface area contributed by atoms with Gasteiger partial charge in [0.05, 0.1) is 0 Å². The molecule has 3 rings (SSSR count). The van der Waals surface area contributed by atoms with Crippen LogP contribution in [0.15, 0.2) is 0 Å². The minimum Gasteiger partial charge on any atom is -0.0533 e. The summed E-state index contributed by atoms with van der Waals surface area (Å²) in [7, 11) is 0. The first-order chi connectivity index (χ1) is 5.41. The topological polar surface area (TPSA) is 0 Å². The van der Waals surface area contributed by atoms with E-state index in [1.165, 1.54) is 18.3 Å². The van der Waals surface area contributed by atoms with Gasteiger partial charge in [-0.3, -0.25) is 0 Å². The molecule has 0 aromatic rings. The predicted molar refractivity (Wildman–Crippen MR) is 46.3 cm³/mol. The van der Waals surface area contributed by atoms with Crippen LogP contribution in [0.5, 0.6) is 0 Å². The molecule has 0 N–H and O–H groups in total. The highest BCUT2D eigenvalue weighted by atomic mass is 14.6. The largest absolute Gasteiger partial charge is 0.0533 e. The third kappa shape index (κ3) is 0.711. The van der Waals surface area contributed by atoms with Crippen LogP contribution >= 0.6 is 0 Å². The van der Waals surface area contributed by atoms with E-state index in [0.717, 1.165) is 5.41 Å². The van der Waals surface area contributed by atoms with Crippen molar-refractivity contribution in [3.8, 4) is 0 Å². The van der Waals surface area contributed by atoms with Gasteiger partial charge in [0.2, 0.25) is 0 Å². The number of hydrogen-bond donors (Lipinski definition) is 0. The molecule has 1 spiro atoms. The first kappa shape index (κ1) is 6.51. The summed E-state index contributed by atoms with van der Waals surface area (Å²) in [4.78, 5) is 0. The third-order valence-corrected chi connectivity index (χ3v) is 4.72. The normalized spacial score (nSPS) is 45.8. The van der Waals surface area contributed by atoms with Crippen LogP contribution in [0, 0.1) is 17.3 Å². The lowest BCUT2D eigenvalue weighted by atomic mass is 9.41. The van der Waals surface area contributed by atoms with Gasteiger partial charge in [-0.05, 0) is 49.4 Å². The average Bonchev–Trinajstić information content (AvgIpc) is 2.01. The summed E-state index contributed by atoms with van der Waals surface area (Å²) < 4.78 is 0. The SMILES string of the molecule is C1CCC2(CC1)CC1CCC12. The van der Waals surface area contributed by atoms with Gasteiger partial charge in [-0.25, -0.2) is 0 Å². The molecule has 3 aliphatic carbocycles. The second-order valence-electron chi connectivity index (χ2n) is 5.07. The molecule has 0 aromatic heterocycles. The monoisotopic (exact) mass is 150 g/mol. The van der Waals surface area contributed by atoms with E-state index >= 15 is 0 Å². The van der Waals surface area contributed by atoms with E-state index in [2.05, 4.69) is 0 Å². The molecule has 3 saturated carbocycles. The van der Waals surface area contributed by atoms with Crippen molar-refractivity contribution in [3.63, 3.8) is 0 Å². The van der Waals surface area contributed by atoms with E-state index in [0.29, 0.717) is 0 Å². The first-order valence-corrected chi connectivity index (χ1v) is 5.41. The molecule has 0 heteroatoms. The minimum atomic E-state index is 0.918. The summed E-state index contributed by atoms with van der Waals surface area (Å²) >= 11 is 0. The van der Waals surface area contributed by atoms with Crippen molar-refractivity contribution in [3.05, 3.63) is 0 Å². The molecule has 0 radical (unpaired) electrons. The molecule has 0 bridgehead atoms. The van der Waals surface area contributed by atoms with Gasteiger partial charge in [0.25, 0.3) is 0 Å². The Morgan fingerprint density at radius 3 is 2.18 bits per heavy atom. The van der Waals surface area contributed by atoms with Crippen LogP contribution in [0.4, 0.5) is 0 Å². The van der Waals surface area contributed by atoms with Gasteiger partial charge in [0.1, 0.15) is 0 Å². The molecule has 2 atom stereocenters. The van der Waals surface area contributed by atoms with E-state index in [-0.39, 0.29) is 0 Å². The van der Waals surface area contributed by atoms with Crippen molar-refractivity contribution in [1.29, 1.82) is 0 Å². The summed E-state index contributed by atoms with van der Waals surface area (Å²) in [6.07, 6.45) is 12.6. The van der Waals surface area contributed by atoms with Crippen LogP contribution in [0.1, 0.15) is 51.4 Å². The molecule has 0 nitrogen and oxygen atoms in total. The Morgan fingerprint density at radius 1 is 0.909 bits per heavy atom. The molecular formula is C11H18. The van der Waals surface area contributed by atoms with Crippen molar-refractivity contribution in [2.45, 2.75) is 51.4 Å². The fourth-order valence-corrected chi connectivity index (χ4v) is 3.96. The van der Waals surface area contributed by atoms with Crippen molar-refractivity contribution in [2.24, 2.45) is 17.3 Å². The summed E-state index contributed by atoms with van der Waals surface area (Å²) in [5, 5.41) is 0. The van der Waals surface area contributed by atoms with Crippen LogP contribution in [0.2, 0.25) is 0 Å². The van der Waals surface area contributed by atoms with E-state index in [4.69, 9.17) is 0 Å². The first-order valence-electron chi connectivity index (χ1n) is 5.41. The van der Waals surface area contributed by atoms with Crippen LogP contribution in [0.25, 0.3) is 0 Å². The van der Waals surface area contributed by atoms with Crippen LogP contribution < -0.4 is 0 Å². The maximum atomic E-state index is 1.62. The fourth-order valence-electron chi connectivity index (χ4n) is 3.96. The van der Waals surface area contributed by atoms with E-state index in [9.17, 15) is 0 Å². The lowest BCUT2D eigenvalue weighted by molar-refractivity contribution is -0.136. The van der Waals surface area contributed by atoms with Gasteiger partial charge in [-0.15, -0.1) is 0 Å². The molecule has 3 fully saturated rings. The molecule has 0 heterocycles. The predicted octanol–water partition coefficient (Wildman–Crippen LogP) is 3.37. The van der Waals surface area contributed by atoms with E-state index < -0.39 is 0 Å². The highest BCUT2D eigenvalue weighted by Crippen LogP contribution is 2.67. The zero-order chi connectivity index (χ0) is 7.31. The van der Waals surface area contributed by atoms with Crippen molar-refractivity contribution in [2.75, 3.05) is 0 Å². The summed E-state index contributed by atoms with van der Waals surface area (Å²) in [6, 6.07) is 0. The van der Waals surface area contributed by atoms with Gasteiger partial charge >= 0.3 is 0 Å². The molecule has 0 saturated heterocycles. The van der Waals surface area contributed by atoms with Gasteiger partial charge in [-0.1, -0.05) is 19.3 Å². The van der Waals surface area contributed by atoms with Crippen molar-refractivity contribution in [1.82, 2.24) is 0 Å². The quantitative estimate of drug-likeness (QED) is 0.496. The fraction of sp³-hybridized carbons (Fsp3) is 1.00. The molecule has 0 aliphatic heterocycles. The number of rotatable bonds is 0. The smallest absolute Gasteiger partial charge is 0.0264 e. The molecule has 3 aliphatic rings. The standard InChI is InChI=1S/C11H18/c1-2-6-11(7-3-1)8-9-4-5-10(9)11/h9-10H,1-8H2. The molecule has 62 valence electrons. The number of fused-ring (bicyclic) bond motifs is 2. The van der Waals surface area contributed by atoms with Crippen molar-refractivity contribution < 1.29 is 0 Å². The molecule has 11 heavy (non-hydrogen) atoms. The van der Waals surface area contributed by atoms with Gasteiger partial charge in [0.15, 0.2) is 0 Å². The highest BCUT2D eigenvalue weighted by Gasteiger charge is 2.57. The van der Waals surface area contributed by atoms with Gasteiger partial charge in [0, 0.05) is 0 Å². The van der Waals surface area contributed by atoms with Crippen LogP contribution in [-0.4, -0.2) is 0 Å². The maximum Gasteiger partial charge on any atom is -0.0264 e. The van der Waals surface area contributed by atoms with Gasteiger partial charge in [-0.2, -0.15) is 0 Å². The Hall–Kier alpha value is 0. The lowest BCUT2D eigenvalue weighted by Crippen LogP contribution is -2.54. The van der Waals surface area contributed by atoms with E-state index in [1.807, 2.05) is 0 Å². The zero-order valence-corrected chi connectivity index (χ0v) is 7.31. The second-order valence-corrected chi connectivity index (χ2v) is 5.07. The summed E-state index contributed by atoms with van der Waals surface area (Å²) in [5.74, 6) is 2.41. The van der Waals surface area contributed by atoms with Crippen molar-refractivity contribution >= 4 is 0 Å². The minimum absolute atomic E-state index is 0.918. The molecule has 0 aromatic carbocycles. The Bertz CT molecular complexity index is 159. The average molecular weight is 150 g/mol. The maximum absolute atomic E-state index is 1.62. The Morgan fingerprint density at radius 2 is 1.73 bits per heavy atom. The molecular weight excluding hydrogens is 132 g/mol. The van der Waals surface area contributed by atoms with Crippen LogP contribution in [-0.2, 0) is 0 Å². The lowest BCUT2D eigenvalue weighted by Gasteiger charge is -2.64.